The van der Waals surface area contributed by atoms with Crippen molar-refractivity contribution < 1.29 is 4.74 Å². The van der Waals surface area contributed by atoms with Gasteiger partial charge in [-0.1, -0.05) is 25.8 Å². The fourth-order valence-corrected chi connectivity index (χ4v) is 3.57. The molecule has 1 saturated carbocycles. The van der Waals surface area contributed by atoms with Crippen LogP contribution in [0.2, 0.25) is 0 Å². The topological polar surface area (TPSA) is 21.3 Å². The molecule has 0 aromatic heterocycles. The maximum atomic E-state index is 5.24. The highest BCUT2D eigenvalue weighted by atomic mass is 32.2. The summed E-state index contributed by atoms with van der Waals surface area (Å²) in [4.78, 5) is 1.29. The molecule has 1 fully saturated rings. The van der Waals surface area contributed by atoms with Crippen molar-refractivity contribution in [1.29, 1.82) is 0 Å². The van der Waals surface area contributed by atoms with Crippen molar-refractivity contribution in [1.82, 2.24) is 5.32 Å². The lowest BCUT2D eigenvalue weighted by atomic mass is 9.87. The lowest BCUT2D eigenvalue weighted by Crippen LogP contribution is -2.34. The quantitative estimate of drug-likeness (QED) is 0.629. The fraction of sp³-hybridized carbons (Fsp3) is 0.625. The number of nitrogens with one attached hydrogen (secondary N) is 1. The number of thioether (sulfide) groups is 1. The summed E-state index contributed by atoms with van der Waals surface area (Å²) in [5, 5.41) is 3.70. The molecule has 1 aliphatic carbocycles. The molecule has 0 aliphatic heterocycles. The Balaban J connectivity index is 1.66. The van der Waals surface area contributed by atoms with E-state index in [0.717, 1.165) is 30.0 Å². The Morgan fingerprint density at radius 3 is 3.05 bits per heavy atom. The van der Waals surface area contributed by atoms with E-state index in [1.807, 2.05) is 17.8 Å². The summed E-state index contributed by atoms with van der Waals surface area (Å²) in [6.07, 6.45) is 5.51. The molecule has 1 aromatic carbocycles. The lowest BCUT2D eigenvalue weighted by molar-refractivity contribution is 0.306. The maximum absolute atomic E-state index is 5.24. The Hall–Kier alpha value is -0.670. The van der Waals surface area contributed by atoms with Crippen molar-refractivity contribution in [3.05, 3.63) is 24.3 Å². The van der Waals surface area contributed by atoms with E-state index in [1.54, 1.807) is 7.11 Å². The van der Waals surface area contributed by atoms with E-state index in [0.29, 0.717) is 0 Å². The predicted octanol–water partition coefficient (Wildman–Crippen LogP) is 3.96. The fourth-order valence-electron chi connectivity index (χ4n) is 2.74. The van der Waals surface area contributed by atoms with Crippen LogP contribution in [0.15, 0.2) is 29.2 Å². The van der Waals surface area contributed by atoms with Crippen LogP contribution in [-0.2, 0) is 0 Å². The van der Waals surface area contributed by atoms with E-state index in [-0.39, 0.29) is 0 Å². The van der Waals surface area contributed by atoms with Gasteiger partial charge in [0.25, 0.3) is 0 Å². The second kappa shape index (κ2) is 7.81. The number of benzene rings is 1. The van der Waals surface area contributed by atoms with Crippen LogP contribution in [0.3, 0.4) is 0 Å². The number of hydrogen-bond donors (Lipinski definition) is 1. The van der Waals surface area contributed by atoms with E-state index < -0.39 is 0 Å². The summed E-state index contributed by atoms with van der Waals surface area (Å²) in [7, 11) is 1.72. The van der Waals surface area contributed by atoms with Gasteiger partial charge in [0.15, 0.2) is 0 Å². The molecule has 2 atom stereocenters. The summed E-state index contributed by atoms with van der Waals surface area (Å²) in [5.74, 6) is 2.97. The van der Waals surface area contributed by atoms with Gasteiger partial charge in [-0.3, -0.25) is 0 Å². The third kappa shape index (κ3) is 5.07. The summed E-state index contributed by atoms with van der Waals surface area (Å²) in [6.45, 7) is 3.47. The average molecular weight is 279 g/mol. The minimum Gasteiger partial charge on any atom is -0.497 e. The van der Waals surface area contributed by atoms with Gasteiger partial charge >= 0.3 is 0 Å². The first kappa shape index (κ1) is 14.7. The molecule has 0 bridgehead atoms. The molecule has 0 spiro atoms. The summed E-state index contributed by atoms with van der Waals surface area (Å²) >= 11 is 1.90. The highest BCUT2D eigenvalue weighted by Crippen LogP contribution is 2.24. The summed E-state index contributed by atoms with van der Waals surface area (Å²) in [5.41, 5.74) is 0. The third-order valence-electron chi connectivity index (χ3n) is 3.78. The van der Waals surface area contributed by atoms with Gasteiger partial charge in [-0.25, -0.2) is 0 Å². The summed E-state index contributed by atoms with van der Waals surface area (Å²) in [6, 6.07) is 9.04. The molecule has 19 heavy (non-hydrogen) atoms. The Morgan fingerprint density at radius 1 is 1.37 bits per heavy atom. The van der Waals surface area contributed by atoms with Crippen LogP contribution in [0.5, 0.6) is 5.75 Å². The highest BCUT2D eigenvalue weighted by Gasteiger charge is 2.17. The minimum absolute atomic E-state index is 0.745. The Bertz CT molecular complexity index is 383. The molecule has 106 valence electrons. The normalized spacial score (nSPS) is 23.3. The predicted molar refractivity (Wildman–Crippen MR) is 83.1 cm³/mol. The van der Waals surface area contributed by atoms with Crippen LogP contribution in [0.4, 0.5) is 0 Å². The lowest BCUT2D eigenvalue weighted by Gasteiger charge is -2.27. The van der Waals surface area contributed by atoms with Crippen LogP contribution in [0.25, 0.3) is 0 Å². The van der Waals surface area contributed by atoms with Crippen molar-refractivity contribution in [2.75, 3.05) is 19.4 Å². The molecule has 0 heterocycles. The van der Waals surface area contributed by atoms with Gasteiger partial charge in [-0.2, -0.15) is 0 Å². The highest BCUT2D eigenvalue weighted by molar-refractivity contribution is 7.99. The second-order valence-corrected chi connectivity index (χ2v) is 6.62. The van der Waals surface area contributed by atoms with Gasteiger partial charge in [0.2, 0.25) is 0 Å². The Kier molecular flexibility index (Phi) is 6.05. The molecular formula is C16H25NOS. The largest absolute Gasteiger partial charge is 0.497 e. The SMILES string of the molecule is COc1cccc(SCCNC2CCCC(C)C2)c1. The van der Waals surface area contributed by atoms with Crippen LogP contribution in [0.1, 0.15) is 32.6 Å². The van der Waals surface area contributed by atoms with Gasteiger partial charge in [-0.15, -0.1) is 11.8 Å². The first-order valence-corrected chi connectivity index (χ1v) is 8.26. The van der Waals surface area contributed by atoms with Crippen LogP contribution in [0, 0.1) is 5.92 Å². The molecule has 0 radical (unpaired) electrons. The standard InChI is InChI=1S/C16H25NOS/c1-13-5-3-6-14(11-13)17-9-10-19-16-8-4-7-15(12-16)18-2/h4,7-8,12-14,17H,3,5-6,9-11H2,1-2H3. The van der Waals surface area contributed by atoms with Gasteiger partial charge in [0.1, 0.15) is 5.75 Å². The van der Waals surface area contributed by atoms with E-state index in [2.05, 4.69) is 30.4 Å². The van der Waals surface area contributed by atoms with Crippen molar-refractivity contribution in [3.8, 4) is 5.75 Å². The number of ether oxygens (including phenoxy) is 1. The summed E-state index contributed by atoms with van der Waals surface area (Å²) < 4.78 is 5.24. The smallest absolute Gasteiger partial charge is 0.119 e. The molecule has 1 aromatic rings. The Labute approximate surface area is 121 Å². The zero-order chi connectivity index (χ0) is 13.5. The van der Waals surface area contributed by atoms with Crippen molar-refractivity contribution in [2.45, 2.75) is 43.5 Å². The molecule has 2 rings (SSSR count). The zero-order valence-corrected chi connectivity index (χ0v) is 12.8. The van der Waals surface area contributed by atoms with E-state index >= 15 is 0 Å². The number of methoxy groups -OCH3 is 1. The van der Waals surface area contributed by atoms with Crippen LogP contribution in [-0.4, -0.2) is 25.4 Å². The van der Waals surface area contributed by atoms with E-state index in [9.17, 15) is 0 Å². The third-order valence-corrected chi connectivity index (χ3v) is 4.78. The van der Waals surface area contributed by atoms with Crippen LogP contribution < -0.4 is 10.1 Å². The zero-order valence-electron chi connectivity index (χ0n) is 12.0. The van der Waals surface area contributed by atoms with Gasteiger partial charge in [-0.05, 0) is 37.0 Å². The van der Waals surface area contributed by atoms with Gasteiger partial charge in [0.05, 0.1) is 7.11 Å². The minimum atomic E-state index is 0.745. The molecule has 1 aliphatic rings. The second-order valence-electron chi connectivity index (χ2n) is 5.45. The maximum Gasteiger partial charge on any atom is 0.119 e. The molecule has 1 N–H and O–H groups in total. The monoisotopic (exact) mass is 279 g/mol. The molecule has 3 heteroatoms. The average Bonchev–Trinajstić information content (AvgIpc) is 2.44. The van der Waals surface area contributed by atoms with Crippen LogP contribution >= 0.6 is 11.8 Å². The molecular weight excluding hydrogens is 254 g/mol. The van der Waals surface area contributed by atoms with Crippen molar-refractivity contribution in [2.24, 2.45) is 5.92 Å². The van der Waals surface area contributed by atoms with Crippen molar-refractivity contribution >= 4 is 11.8 Å². The number of rotatable bonds is 6. The van der Waals surface area contributed by atoms with E-state index in [1.165, 1.54) is 30.6 Å². The first-order valence-electron chi connectivity index (χ1n) is 7.28. The molecule has 0 amide bonds. The molecule has 2 nitrogen and oxygen atoms in total. The van der Waals surface area contributed by atoms with Gasteiger partial charge in [0, 0.05) is 23.2 Å². The molecule has 0 saturated heterocycles. The van der Waals surface area contributed by atoms with Crippen molar-refractivity contribution in [3.63, 3.8) is 0 Å². The van der Waals surface area contributed by atoms with Gasteiger partial charge < -0.3 is 10.1 Å². The molecule has 2 unspecified atom stereocenters. The Morgan fingerprint density at radius 2 is 2.26 bits per heavy atom. The van der Waals surface area contributed by atoms with E-state index in [4.69, 9.17) is 4.74 Å². The first-order chi connectivity index (χ1) is 9.28. The number of hydrogen-bond acceptors (Lipinski definition) is 3.